The summed E-state index contributed by atoms with van der Waals surface area (Å²) in [4.78, 5) is 5.38. The lowest BCUT2D eigenvalue weighted by molar-refractivity contribution is 0.415. The van der Waals surface area contributed by atoms with Gasteiger partial charge in [0.25, 0.3) is 0 Å². The van der Waals surface area contributed by atoms with E-state index in [0.717, 1.165) is 11.3 Å². The third-order valence-electron chi connectivity index (χ3n) is 2.67. The first-order chi connectivity index (χ1) is 8.36. The fourth-order valence-electron chi connectivity index (χ4n) is 1.79. The summed E-state index contributed by atoms with van der Waals surface area (Å²) in [6, 6.07) is 12.4. The summed E-state index contributed by atoms with van der Waals surface area (Å²) >= 11 is 1.76. The molecule has 3 aromatic rings. The number of fused-ring (bicyclic) bond motifs is 1. The van der Waals surface area contributed by atoms with E-state index in [9.17, 15) is 0 Å². The Morgan fingerprint density at radius 2 is 2.12 bits per heavy atom. The predicted molar refractivity (Wildman–Crippen MR) is 71.6 cm³/mol. The monoisotopic (exact) mass is 241 g/mol. The Bertz CT molecular complexity index is 646. The second-order valence-electron chi connectivity index (χ2n) is 3.76. The molecule has 0 spiro atoms. The molecule has 0 aliphatic rings. The summed E-state index contributed by atoms with van der Waals surface area (Å²) in [6.07, 6.45) is 3.68. The van der Waals surface area contributed by atoms with Crippen LogP contribution < -0.4 is 4.74 Å². The highest BCUT2D eigenvalue weighted by atomic mass is 32.1. The number of pyridine rings is 1. The molecule has 17 heavy (non-hydrogen) atoms. The maximum Gasteiger partial charge on any atom is 0.120 e. The molecule has 0 atom stereocenters. The van der Waals surface area contributed by atoms with E-state index in [0.29, 0.717) is 0 Å². The van der Waals surface area contributed by atoms with E-state index in [2.05, 4.69) is 29.2 Å². The Morgan fingerprint density at radius 1 is 1.18 bits per heavy atom. The van der Waals surface area contributed by atoms with Crippen LogP contribution in [-0.2, 0) is 0 Å². The number of thiophene rings is 1. The molecule has 3 heteroatoms. The SMILES string of the molecule is COc1ccc2cc(-c3cccnc3)sc2c1. The zero-order valence-electron chi connectivity index (χ0n) is 9.38. The summed E-state index contributed by atoms with van der Waals surface area (Å²) < 4.78 is 6.47. The molecule has 0 saturated carbocycles. The lowest BCUT2D eigenvalue weighted by Crippen LogP contribution is -1.79. The molecule has 0 aliphatic heterocycles. The molecule has 0 radical (unpaired) electrons. The third kappa shape index (κ3) is 1.89. The van der Waals surface area contributed by atoms with Gasteiger partial charge >= 0.3 is 0 Å². The number of benzene rings is 1. The van der Waals surface area contributed by atoms with Gasteiger partial charge in [0.1, 0.15) is 5.75 Å². The summed E-state index contributed by atoms with van der Waals surface area (Å²) in [5.41, 5.74) is 1.16. The summed E-state index contributed by atoms with van der Waals surface area (Å²) in [7, 11) is 1.69. The largest absolute Gasteiger partial charge is 0.497 e. The van der Waals surface area contributed by atoms with E-state index in [1.165, 1.54) is 15.0 Å². The highest BCUT2D eigenvalue weighted by molar-refractivity contribution is 7.22. The second kappa shape index (κ2) is 4.18. The number of ether oxygens (including phenoxy) is 1. The molecule has 0 N–H and O–H groups in total. The molecule has 2 heterocycles. The third-order valence-corrected chi connectivity index (χ3v) is 3.82. The number of nitrogens with zero attached hydrogens (tertiary/aromatic N) is 1. The van der Waals surface area contributed by atoms with E-state index < -0.39 is 0 Å². The minimum atomic E-state index is 0.900. The minimum absolute atomic E-state index is 0.900. The highest BCUT2D eigenvalue weighted by Gasteiger charge is 2.05. The van der Waals surface area contributed by atoms with Gasteiger partial charge in [0, 0.05) is 27.5 Å². The molecule has 0 aliphatic carbocycles. The van der Waals surface area contributed by atoms with E-state index in [1.807, 2.05) is 18.3 Å². The van der Waals surface area contributed by atoms with Gasteiger partial charge in [0.05, 0.1) is 7.11 Å². The van der Waals surface area contributed by atoms with E-state index in [4.69, 9.17) is 4.74 Å². The molecule has 2 aromatic heterocycles. The molecule has 3 rings (SSSR count). The van der Waals surface area contributed by atoms with Gasteiger partial charge in [0.2, 0.25) is 0 Å². The number of methoxy groups -OCH3 is 1. The molecular formula is C14H11NOS. The van der Waals surface area contributed by atoms with Gasteiger partial charge in [-0.15, -0.1) is 11.3 Å². The van der Waals surface area contributed by atoms with Crippen LogP contribution in [0.1, 0.15) is 0 Å². The standard InChI is InChI=1S/C14H11NOS/c1-16-12-5-4-10-7-13(17-14(10)8-12)11-3-2-6-15-9-11/h2-9H,1H3. The first-order valence-electron chi connectivity index (χ1n) is 5.35. The van der Waals surface area contributed by atoms with Crippen molar-refractivity contribution in [3.05, 3.63) is 48.8 Å². The smallest absolute Gasteiger partial charge is 0.120 e. The maximum atomic E-state index is 5.23. The molecule has 0 amide bonds. The predicted octanol–water partition coefficient (Wildman–Crippen LogP) is 3.97. The van der Waals surface area contributed by atoms with Gasteiger partial charge in [0.15, 0.2) is 0 Å². The van der Waals surface area contributed by atoms with Gasteiger partial charge in [-0.2, -0.15) is 0 Å². The fraction of sp³-hybridized carbons (Fsp3) is 0.0714. The van der Waals surface area contributed by atoms with E-state index in [1.54, 1.807) is 24.6 Å². The first-order valence-corrected chi connectivity index (χ1v) is 6.16. The summed E-state index contributed by atoms with van der Waals surface area (Å²) in [6.45, 7) is 0. The number of hydrogen-bond donors (Lipinski definition) is 0. The molecule has 0 unspecified atom stereocenters. The lowest BCUT2D eigenvalue weighted by atomic mass is 10.2. The Hall–Kier alpha value is -1.87. The van der Waals surface area contributed by atoms with Crippen LogP contribution in [-0.4, -0.2) is 12.1 Å². The molecule has 1 aromatic carbocycles. The van der Waals surface area contributed by atoms with Crippen LogP contribution in [0.2, 0.25) is 0 Å². The van der Waals surface area contributed by atoms with Crippen molar-refractivity contribution in [3.8, 4) is 16.2 Å². The molecule has 2 nitrogen and oxygen atoms in total. The zero-order chi connectivity index (χ0) is 11.7. The zero-order valence-corrected chi connectivity index (χ0v) is 10.2. The number of rotatable bonds is 2. The number of hydrogen-bond acceptors (Lipinski definition) is 3. The van der Waals surface area contributed by atoms with Gasteiger partial charge < -0.3 is 4.74 Å². The topological polar surface area (TPSA) is 22.1 Å². The van der Waals surface area contributed by atoms with Gasteiger partial charge in [-0.1, -0.05) is 6.07 Å². The average molecular weight is 241 g/mol. The van der Waals surface area contributed by atoms with E-state index >= 15 is 0 Å². The van der Waals surface area contributed by atoms with Crippen LogP contribution in [0.25, 0.3) is 20.5 Å². The number of aromatic nitrogens is 1. The van der Waals surface area contributed by atoms with Crippen molar-refractivity contribution in [2.24, 2.45) is 0 Å². The Morgan fingerprint density at radius 3 is 2.88 bits per heavy atom. The molecule has 0 bridgehead atoms. The van der Waals surface area contributed by atoms with Crippen LogP contribution >= 0.6 is 11.3 Å². The van der Waals surface area contributed by atoms with Crippen LogP contribution in [0.5, 0.6) is 5.75 Å². The molecule has 0 fully saturated rings. The van der Waals surface area contributed by atoms with Crippen molar-refractivity contribution in [1.29, 1.82) is 0 Å². The van der Waals surface area contributed by atoms with Crippen LogP contribution in [0.4, 0.5) is 0 Å². The van der Waals surface area contributed by atoms with Crippen molar-refractivity contribution in [3.63, 3.8) is 0 Å². The summed E-state index contributed by atoms with van der Waals surface area (Å²) in [5.74, 6) is 0.900. The van der Waals surface area contributed by atoms with E-state index in [-0.39, 0.29) is 0 Å². The van der Waals surface area contributed by atoms with Gasteiger partial charge in [-0.25, -0.2) is 0 Å². The van der Waals surface area contributed by atoms with Crippen LogP contribution in [0.15, 0.2) is 48.8 Å². The van der Waals surface area contributed by atoms with Crippen molar-refractivity contribution in [1.82, 2.24) is 4.98 Å². The van der Waals surface area contributed by atoms with Crippen molar-refractivity contribution in [2.75, 3.05) is 7.11 Å². The van der Waals surface area contributed by atoms with Crippen molar-refractivity contribution < 1.29 is 4.74 Å². The molecular weight excluding hydrogens is 230 g/mol. The second-order valence-corrected chi connectivity index (χ2v) is 4.84. The average Bonchev–Trinajstić information content (AvgIpc) is 2.82. The van der Waals surface area contributed by atoms with Gasteiger partial charge in [-0.05, 0) is 35.7 Å². The Balaban J connectivity index is 2.14. The minimum Gasteiger partial charge on any atom is -0.497 e. The molecule has 0 saturated heterocycles. The Labute approximate surface area is 104 Å². The lowest BCUT2D eigenvalue weighted by Gasteiger charge is -1.97. The fourth-order valence-corrected chi connectivity index (χ4v) is 2.87. The Kier molecular flexibility index (Phi) is 2.53. The first kappa shape index (κ1) is 10.3. The van der Waals surface area contributed by atoms with Crippen LogP contribution in [0, 0.1) is 0 Å². The summed E-state index contributed by atoms with van der Waals surface area (Å²) in [5, 5.41) is 1.25. The van der Waals surface area contributed by atoms with Gasteiger partial charge in [-0.3, -0.25) is 4.98 Å². The highest BCUT2D eigenvalue weighted by Crippen LogP contribution is 2.34. The normalized spacial score (nSPS) is 10.6. The van der Waals surface area contributed by atoms with Crippen molar-refractivity contribution >= 4 is 21.4 Å². The quantitative estimate of drug-likeness (QED) is 0.677. The van der Waals surface area contributed by atoms with Crippen molar-refractivity contribution in [2.45, 2.75) is 0 Å². The molecule has 84 valence electrons. The maximum absolute atomic E-state index is 5.23. The van der Waals surface area contributed by atoms with Crippen LogP contribution in [0.3, 0.4) is 0 Å².